The van der Waals surface area contributed by atoms with Crippen molar-refractivity contribution >= 4 is 11.5 Å². The molecule has 0 aromatic heterocycles. The van der Waals surface area contributed by atoms with Crippen LogP contribution in [0, 0.1) is 0 Å². The van der Waals surface area contributed by atoms with Crippen molar-refractivity contribution in [3.8, 4) is 0 Å². The van der Waals surface area contributed by atoms with Gasteiger partial charge in [-0.15, -0.1) is 8.37 Å². The Balaban J connectivity index is 2.16. The summed E-state index contributed by atoms with van der Waals surface area (Å²) in [5.41, 5.74) is 0. The first-order valence-corrected chi connectivity index (χ1v) is 4.60. The largest absolute Gasteiger partial charge is 0.356 e. The standard InChI is InChI=1S/C8H9O2S/c1-2-4-8(5-3-1)11-9-6-7-10-11/h1-5H,6-7H2/q+1. The first kappa shape index (κ1) is 7.16. The Labute approximate surface area is 68.9 Å². The summed E-state index contributed by atoms with van der Waals surface area (Å²) in [5, 5.41) is 0. The molecule has 0 aliphatic carbocycles. The van der Waals surface area contributed by atoms with Crippen LogP contribution in [-0.4, -0.2) is 13.2 Å². The van der Waals surface area contributed by atoms with E-state index in [2.05, 4.69) is 0 Å². The molecule has 1 aromatic carbocycles. The summed E-state index contributed by atoms with van der Waals surface area (Å²) < 4.78 is 10.7. The molecule has 0 N–H and O–H groups in total. The van der Waals surface area contributed by atoms with Gasteiger partial charge in [-0.2, -0.15) is 0 Å². The Morgan fingerprint density at radius 2 is 1.64 bits per heavy atom. The summed E-state index contributed by atoms with van der Waals surface area (Å²) in [6.07, 6.45) is 0. The second-order valence-electron chi connectivity index (χ2n) is 2.19. The molecule has 0 spiro atoms. The minimum Gasteiger partial charge on any atom is -0.133 e. The lowest BCUT2D eigenvalue weighted by atomic mass is 10.4. The maximum absolute atomic E-state index is 5.34. The van der Waals surface area contributed by atoms with Gasteiger partial charge in [-0.3, -0.25) is 0 Å². The van der Waals surface area contributed by atoms with Crippen molar-refractivity contribution in [2.75, 3.05) is 13.2 Å². The van der Waals surface area contributed by atoms with Crippen LogP contribution in [0.4, 0.5) is 0 Å². The van der Waals surface area contributed by atoms with Crippen LogP contribution in [-0.2, 0) is 19.8 Å². The van der Waals surface area contributed by atoms with E-state index in [-0.39, 0.29) is 0 Å². The predicted octanol–water partition coefficient (Wildman–Crippen LogP) is 1.54. The predicted molar refractivity (Wildman–Crippen MR) is 44.0 cm³/mol. The van der Waals surface area contributed by atoms with Crippen molar-refractivity contribution in [3.05, 3.63) is 30.3 Å². The molecule has 1 aliphatic heterocycles. The fourth-order valence-corrected chi connectivity index (χ4v) is 2.08. The van der Waals surface area contributed by atoms with Crippen molar-refractivity contribution in [1.82, 2.24) is 0 Å². The fourth-order valence-electron chi connectivity index (χ4n) is 0.921. The molecule has 2 rings (SSSR count). The normalized spacial score (nSPS) is 18.9. The summed E-state index contributed by atoms with van der Waals surface area (Å²) >= 11 is -0.391. The summed E-state index contributed by atoms with van der Waals surface area (Å²) in [6, 6.07) is 10.0. The molecule has 1 aromatic rings. The number of benzene rings is 1. The van der Waals surface area contributed by atoms with Crippen LogP contribution in [0.3, 0.4) is 0 Å². The van der Waals surface area contributed by atoms with Crippen molar-refractivity contribution < 1.29 is 8.37 Å². The van der Waals surface area contributed by atoms with Crippen LogP contribution in [0.15, 0.2) is 35.2 Å². The monoisotopic (exact) mass is 169 g/mol. The number of rotatable bonds is 1. The molecule has 0 bridgehead atoms. The van der Waals surface area contributed by atoms with E-state index in [0.29, 0.717) is 0 Å². The highest BCUT2D eigenvalue weighted by atomic mass is 32.2. The molecule has 2 nitrogen and oxygen atoms in total. The van der Waals surface area contributed by atoms with Crippen molar-refractivity contribution in [3.63, 3.8) is 0 Å². The van der Waals surface area contributed by atoms with Crippen LogP contribution in [0.5, 0.6) is 0 Å². The molecule has 1 aliphatic rings. The van der Waals surface area contributed by atoms with E-state index in [9.17, 15) is 0 Å². The number of hydrogen-bond donors (Lipinski definition) is 0. The van der Waals surface area contributed by atoms with E-state index in [4.69, 9.17) is 8.37 Å². The summed E-state index contributed by atoms with van der Waals surface area (Å²) in [7, 11) is 0. The molecule has 0 saturated carbocycles. The molecular weight excluding hydrogens is 160 g/mol. The van der Waals surface area contributed by atoms with Crippen LogP contribution in [0.25, 0.3) is 0 Å². The second-order valence-corrected chi connectivity index (χ2v) is 3.60. The Kier molecular flexibility index (Phi) is 2.12. The SMILES string of the molecule is c1ccc([S+]2OCCO2)cc1. The molecule has 3 heteroatoms. The summed E-state index contributed by atoms with van der Waals surface area (Å²) in [4.78, 5) is 1.13. The van der Waals surface area contributed by atoms with Gasteiger partial charge in [0.1, 0.15) is 13.2 Å². The maximum Gasteiger partial charge on any atom is 0.356 e. The Hall–Kier alpha value is -0.510. The quantitative estimate of drug-likeness (QED) is 0.594. The van der Waals surface area contributed by atoms with E-state index in [0.717, 1.165) is 18.1 Å². The van der Waals surface area contributed by atoms with Crippen LogP contribution < -0.4 is 0 Å². The minimum atomic E-state index is -0.391. The summed E-state index contributed by atoms with van der Waals surface area (Å²) in [6.45, 7) is 1.44. The molecule has 1 fully saturated rings. The average Bonchev–Trinajstić information content (AvgIpc) is 2.58. The third kappa shape index (κ3) is 1.56. The molecule has 11 heavy (non-hydrogen) atoms. The highest BCUT2D eigenvalue weighted by molar-refractivity contribution is 7.88. The number of hydrogen-bond acceptors (Lipinski definition) is 2. The molecule has 0 unspecified atom stereocenters. The zero-order valence-electron chi connectivity index (χ0n) is 6.03. The van der Waals surface area contributed by atoms with Crippen molar-refractivity contribution in [2.24, 2.45) is 0 Å². The summed E-state index contributed by atoms with van der Waals surface area (Å²) in [5.74, 6) is 0. The minimum absolute atomic E-state index is 0.391. The molecule has 1 heterocycles. The van der Waals surface area contributed by atoms with Gasteiger partial charge in [0.2, 0.25) is 4.90 Å². The molecule has 0 amide bonds. The van der Waals surface area contributed by atoms with Crippen LogP contribution >= 0.6 is 0 Å². The molecule has 1 saturated heterocycles. The lowest BCUT2D eigenvalue weighted by molar-refractivity contribution is 0.365. The van der Waals surface area contributed by atoms with Gasteiger partial charge in [-0.1, -0.05) is 18.2 Å². The van der Waals surface area contributed by atoms with Crippen molar-refractivity contribution in [1.29, 1.82) is 0 Å². The van der Waals surface area contributed by atoms with E-state index < -0.39 is 11.5 Å². The van der Waals surface area contributed by atoms with Crippen molar-refractivity contribution in [2.45, 2.75) is 4.90 Å². The first-order valence-electron chi connectivity index (χ1n) is 3.53. The molecule has 0 radical (unpaired) electrons. The topological polar surface area (TPSA) is 18.5 Å². The zero-order valence-corrected chi connectivity index (χ0v) is 6.84. The fraction of sp³-hybridized carbons (Fsp3) is 0.250. The smallest absolute Gasteiger partial charge is 0.133 e. The highest BCUT2D eigenvalue weighted by Crippen LogP contribution is 2.19. The Morgan fingerprint density at radius 3 is 2.27 bits per heavy atom. The van der Waals surface area contributed by atoms with Gasteiger partial charge in [0.15, 0.2) is 0 Å². The van der Waals surface area contributed by atoms with E-state index in [1.54, 1.807) is 0 Å². The highest BCUT2D eigenvalue weighted by Gasteiger charge is 2.32. The average molecular weight is 169 g/mol. The Morgan fingerprint density at radius 1 is 1.00 bits per heavy atom. The third-order valence-corrected chi connectivity index (χ3v) is 2.82. The second kappa shape index (κ2) is 3.26. The lowest BCUT2D eigenvalue weighted by Crippen LogP contribution is -1.99. The molecular formula is C8H9O2S+. The van der Waals surface area contributed by atoms with E-state index >= 15 is 0 Å². The zero-order chi connectivity index (χ0) is 7.52. The molecule has 58 valence electrons. The Bertz CT molecular complexity index is 219. The van der Waals surface area contributed by atoms with Gasteiger partial charge in [0.25, 0.3) is 0 Å². The van der Waals surface area contributed by atoms with Gasteiger partial charge in [-0.25, -0.2) is 0 Å². The first-order chi connectivity index (χ1) is 5.47. The van der Waals surface area contributed by atoms with Gasteiger partial charge >= 0.3 is 11.5 Å². The van der Waals surface area contributed by atoms with Gasteiger partial charge in [-0.05, 0) is 0 Å². The maximum atomic E-state index is 5.34. The molecule has 0 atom stereocenters. The third-order valence-electron chi connectivity index (χ3n) is 1.40. The van der Waals surface area contributed by atoms with E-state index in [1.165, 1.54) is 0 Å². The van der Waals surface area contributed by atoms with E-state index in [1.807, 2.05) is 30.3 Å². The van der Waals surface area contributed by atoms with Gasteiger partial charge in [0.05, 0.1) is 0 Å². The van der Waals surface area contributed by atoms with Crippen LogP contribution in [0.1, 0.15) is 0 Å². The van der Waals surface area contributed by atoms with Gasteiger partial charge in [0, 0.05) is 12.1 Å². The lowest BCUT2D eigenvalue weighted by Gasteiger charge is -1.91. The van der Waals surface area contributed by atoms with Crippen LogP contribution in [0.2, 0.25) is 0 Å². The van der Waals surface area contributed by atoms with Gasteiger partial charge < -0.3 is 0 Å².